The van der Waals surface area contributed by atoms with Crippen molar-refractivity contribution >= 4 is 51.2 Å². The number of hydrogen-bond acceptors (Lipinski definition) is 5. The Balaban J connectivity index is 0.00000200. The van der Waals surface area contributed by atoms with Crippen LogP contribution < -0.4 is 10.5 Å². The summed E-state index contributed by atoms with van der Waals surface area (Å²) in [6.45, 7) is 3.55. The summed E-state index contributed by atoms with van der Waals surface area (Å²) in [7, 11) is -3.69. The molecule has 0 aliphatic heterocycles. The van der Waals surface area contributed by atoms with E-state index in [4.69, 9.17) is 5.73 Å². The third-order valence-corrected chi connectivity index (χ3v) is 3.74. The number of nitrogens with two attached hydrogens (primary N) is 1. The minimum atomic E-state index is -3.69. The van der Waals surface area contributed by atoms with Crippen molar-refractivity contribution in [3.63, 3.8) is 0 Å². The molecule has 101 valence electrons. The number of nitrogens with zero attached hydrogens (tertiary/aromatic N) is 2. The Morgan fingerprint density at radius 2 is 1.55 bits per heavy atom. The van der Waals surface area contributed by atoms with Crippen molar-refractivity contribution in [1.82, 2.24) is 9.97 Å². The smallest absolute Gasteiger partial charge is 0.264 e. The van der Waals surface area contributed by atoms with E-state index in [1.54, 1.807) is 19.9 Å². The van der Waals surface area contributed by atoms with Gasteiger partial charge in [0.1, 0.15) is 0 Å². The molecule has 0 amide bonds. The fourth-order valence-corrected chi connectivity index (χ4v) is 2.54. The average molecular weight is 301 g/mol. The maximum absolute atomic E-state index is 12.1. The largest absolute Gasteiger partial charge is 0.399 e. The van der Waals surface area contributed by atoms with Crippen LogP contribution in [0.4, 0.5) is 11.6 Å². The second-order valence-electron chi connectivity index (χ2n) is 4.15. The minimum Gasteiger partial charge on any atom is -0.399 e. The van der Waals surface area contributed by atoms with Gasteiger partial charge in [-0.3, -0.25) is 0 Å². The Bertz CT molecular complexity index is 682. The molecule has 6 nitrogen and oxygen atoms in total. The zero-order valence-corrected chi connectivity index (χ0v) is 14.4. The molecule has 1 heterocycles. The summed E-state index contributed by atoms with van der Waals surface area (Å²) in [5.41, 5.74) is 7.42. The van der Waals surface area contributed by atoms with Crippen LogP contribution in [0.5, 0.6) is 0 Å². The van der Waals surface area contributed by atoms with Crippen molar-refractivity contribution < 1.29 is 8.42 Å². The summed E-state index contributed by atoms with van der Waals surface area (Å²) in [5, 5.41) is 0. The Morgan fingerprint density at radius 3 is 2.05 bits per heavy atom. The van der Waals surface area contributed by atoms with E-state index in [1.165, 1.54) is 24.3 Å². The number of nitrogen functional groups attached to an aromatic ring is 1. The fourth-order valence-electron chi connectivity index (χ4n) is 1.60. The van der Waals surface area contributed by atoms with Crippen molar-refractivity contribution in [1.29, 1.82) is 0 Å². The van der Waals surface area contributed by atoms with Crippen molar-refractivity contribution in [2.75, 3.05) is 10.5 Å². The molecule has 1 aromatic carbocycles. The van der Waals surface area contributed by atoms with Gasteiger partial charge < -0.3 is 5.73 Å². The third-order valence-electron chi connectivity index (χ3n) is 2.40. The van der Waals surface area contributed by atoms with Crippen LogP contribution in [-0.2, 0) is 10.0 Å². The normalized spacial score (nSPS) is 10.7. The van der Waals surface area contributed by atoms with E-state index in [2.05, 4.69) is 14.7 Å². The molecule has 0 atom stereocenters. The maximum Gasteiger partial charge on any atom is 0.264 e. The van der Waals surface area contributed by atoms with E-state index in [9.17, 15) is 8.42 Å². The average Bonchev–Trinajstić information content (AvgIpc) is 2.27. The van der Waals surface area contributed by atoms with Gasteiger partial charge in [0.25, 0.3) is 10.0 Å². The summed E-state index contributed by atoms with van der Waals surface area (Å²) in [6.07, 6.45) is 0. The van der Waals surface area contributed by atoms with Crippen LogP contribution in [0.3, 0.4) is 0 Å². The molecule has 0 aliphatic carbocycles. The first-order valence-electron chi connectivity index (χ1n) is 5.57. The molecule has 3 N–H and O–H groups in total. The number of aryl methyl sites for hydroxylation is 2. The van der Waals surface area contributed by atoms with Gasteiger partial charge in [-0.1, -0.05) is 0 Å². The van der Waals surface area contributed by atoms with Crippen LogP contribution in [0.15, 0.2) is 35.2 Å². The summed E-state index contributed by atoms with van der Waals surface area (Å²) in [4.78, 5) is 8.19. The number of sulfonamides is 1. The monoisotopic (exact) mass is 301 g/mol. The topological polar surface area (TPSA) is 98.0 Å². The van der Waals surface area contributed by atoms with Gasteiger partial charge in [-0.2, -0.15) is 0 Å². The number of rotatable bonds is 3. The summed E-state index contributed by atoms with van der Waals surface area (Å²) < 4.78 is 26.6. The van der Waals surface area contributed by atoms with Crippen molar-refractivity contribution in [3.8, 4) is 0 Å². The second-order valence-corrected chi connectivity index (χ2v) is 5.83. The molecule has 2 rings (SSSR count). The number of nitrogens with one attached hydrogen (secondary N) is 1. The van der Waals surface area contributed by atoms with Gasteiger partial charge in [0, 0.05) is 46.6 Å². The van der Waals surface area contributed by atoms with Crippen molar-refractivity contribution in [2.24, 2.45) is 0 Å². The van der Waals surface area contributed by atoms with Gasteiger partial charge in [0.05, 0.1) is 4.90 Å². The number of benzene rings is 1. The third kappa shape index (κ3) is 4.17. The van der Waals surface area contributed by atoms with Crippen LogP contribution in [0, 0.1) is 13.8 Å². The molecule has 0 saturated carbocycles. The van der Waals surface area contributed by atoms with Crippen molar-refractivity contribution in [2.45, 2.75) is 18.7 Å². The fraction of sp³-hybridized carbons (Fsp3) is 0.167. The number of hydrogen-bond donors (Lipinski definition) is 2. The van der Waals surface area contributed by atoms with E-state index in [0.717, 1.165) is 0 Å². The Kier molecular flexibility index (Phi) is 5.52. The zero-order valence-electron chi connectivity index (χ0n) is 11.6. The van der Waals surface area contributed by atoms with Gasteiger partial charge in [0.2, 0.25) is 5.95 Å². The van der Waals surface area contributed by atoms with Gasteiger partial charge in [-0.15, -0.1) is 0 Å². The molecule has 8 heteroatoms. The zero-order chi connectivity index (χ0) is 14.0. The van der Waals surface area contributed by atoms with E-state index in [-0.39, 0.29) is 40.4 Å². The van der Waals surface area contributed by atoms with E-state index >= 15 is 0 Å². The first-order chi connectivity index (χ1) is 8.87. The molecular formula is C12H14N4NaO2S. The molecule has 1 radical (unpaired) electrons. The van der Waals surface area contributed by atoms with Crippen LogP contribution in [0.1, 0.15) is 11.4 Å². The molecule has 0 aliphatic rings. The molecule has 2 aromatic rings. The quantitative estimate of drug-likeness (QED) is 0.653. The van der Waals surface area contributed by atoms with Gasteiger partial charge >= 0.3 is 0 Å². The van der Waals surface area contributed by atoms with Crippen LogP contribution in [0.25, 0.3) is 0 Å². The molecule has 1 aromatic heterocycles. The van der Waals surface area contributed by atoms with E-state index < -0.39 is 10.0 Å². The first kappa shape index (κ1) is 16.9. The number of anilines is 2. The van der Waals surface area contributed by atoms with Gasteiger partial charge in [0.15, 0.2) is 0 Å². The van der Waals surface area contributed by atoms with Crippen LogP contribution >= 0.6 is 0 Å². The SMILES string of the molecule is Cc1cc(C)nc(NS(=O)(=O)c2ccc(N)cc2)n1.[Na]. The second kappa shape index (κ2) is 6.53. The van der Waals surface area contributed by atoms with Crippen LogP contribution in [-0.4, -0.2) is 47.9 Å². The first-order valence-corrected chi connectivity index (χ1v) is 7.06. The summed E-state index contributed by atoms with van der Waals surface area (Å²) in [6, 6.07) is 7.68. The summed E-state index contributed by atoms with van der Waals surface area (Å²) >= 11 is 0. The minimum absolute atomic E-state index is 0. The predicted molar refractivity (Wildman–Crippen MR) is 78.9 cm³/mol. The predicted octanol–water partition coefficient (Wildman–Crippen LogP) is 1.10. The Morgan fingerprint density at radius 1 is 1.05 bits per heavy atom. The Labute approximate surface area is 140 Å². The van der Waals surface area contributed by atoms with Crippen molar-refractivity contribution in [3.05, 3.63) is 41.7 Å². The molecule has 0 fully saturated rings. The molecule has 0 spiro atoms. The molecule has 0 saturated heterocycles. The van der Waals surface area contributed by atoms with Gasteiger partial charge in [-0.25, -0.2) is 23.1 Å². The molecular weight excluding hydrogens is 287 g/mol. The standard InChI is InChI=1S/C12H14N4O2S.Na/c1-8-7-9(2)15-12(14-8)16-19(17,18)11-5-3-10(13)4-6-11;/h3-7H,13H2,1-2H3,(H,14,15,16);. The maximum atomic E-state index is 12.1. The van der Waals surface area contributed by atoms with Crippen LogP contribution in [0.2, 0.25) is 0 Å². The molecule has 20 heavy (non-hydrogen) atoms. The van der Waals surface area contributed by atoms with Gasteiger partial charge in [-0.05, 0) is 44.2 Å². The van der Waals surface area contributed by atoms with E-state index in [0.29, 0.717) is 17.1 Å². The number of aromatic nitrogens is 2. The summed E-state index contributed by atoms with van der Waals surface area (Å²) in [5.74, 6) is 0.0642. The van der Waals surface area contributed by atoms with E-state index in [1.807, 2.05) is 0 Å². The Hall–Kier alpha value is -1.15. The molecule has 0 unspecified atom stereocenters. The molecule has 0 bridgehead atoms.